The van der Waals surface area contributed by atoms with Crippen molar-refractivity contribution in [1.29, 1.82) is 0 Å². The van der Waals surface area contributed by atoms with E-state index in [9.17, 15) is 18.0 Å². The van der Waals surface area contributed by atoms with Crippen molar-refractivity contribution < 1.29 is 22.7 Å². The lowest BCUT2D eigenvalue weighted by Crippen LogP contribution is -2.49. The van der Waals surface area contributed by atoms with Gasteiger partial charge in [-0.1, -0.05) is 60.7 Å². The number of allylic oxidation sites excluding steroid dienone is 2. The first-order valence-corrected chi connectivity index (χ1v) is 13.9. The van der Waals surface area contributed by atoms with Crippen molar-refractivity contribution in [2.75, 3.05) is 31.1 Å². The van der Waals surface area contributed by atoms with Crippen molar-refractivity contribution in [3.05, 3.63) is 107 Å². The molecule has 3 aromatic rings. The first kappa shape index (κ1) is 24.1. The zero-order chi connectivity index (χ0) is 26.3. The molecule has 8 nitrogen and oxygen atoms in total. The summed E-state index contributed by atoms with van der Waals surface area (Å²) in [6, 6.07) is 22.2. The van der Waals surface area contributed by atoms with Crippen molar-refractivity contribution >= 4 is 33.3 Å². The monoisotopic (exact) mass is 527 g/mol. The van der Waals surface area contributed by atoms with Gasteiger partial charge in [-0.2, -0.15) is 12.8 Å². The van der Waals surface area contributed by atoms with E-state index >= 15 is 0 Å². The summed E-state index contributed by atoms with van der Waals surface area (Å²) < 4.78 is 34.3. The summed E-state index contributed by atoms with van der Waals surface area (Å²) in [5.74, 6) is -0.182. The number of hydrogen-bond acceptors (Lipinski definition) is 6. The molecular weight excluding hydrogens is 502 g/mol. The Morgan fingerprint density at radius 2 is 1.63 bits per heavy atom. The highest BCUT2D eigenvalue weighted by Gasteiger charge is 2.36. The lowest BCUT2D eigenvalue weighted by molar-refractivity contribution is 0.0941. The number of carbonyl (C=O) groups is 2. The highest BCUT2D eigenvalue weighted by Crippen LogP contribution is 2.35. The lowest BCUT2D eigenvalue weighted by atomic mass is 9.86. The number of sulfonamides is 1. The molecule has 2 heterocycles. The molecular formula is C29H25N3O5S. The van der Waals surface area contributed by atoms with Crippen molar-refractivity contribution in [3.8, 4) is 0 Å². The Morgan fingerprint density at radius 3 is 2.42 bits per heavy atom. The van der Waals surface area contributed by atoms with Gasteiger partial charge >= 0.3 is 6.09 Å². The lowest BCUT2D eigenvalue weighted by Gasteiger charge is -2.36. The van der Waals surface area contributed by atoms with E-state index in [1.165, 1.54) is 6.07 Å². The van der Waals surface area contributed by atoms with Crippen LogP contribution in [-0.4, -0.2) is 57.1 Å². The standard InChI is InChI=1S/C29H25N3O5S/c33-28-22(18-24-27-23(28)10-6-12-26(27)38(35,36)30-24)17-21-9-4-5-11-25(21)31-13-15-32(16-14-31)29(34)37-19-20-7-2-1-3-8-20/h1-12,18H,13-17,19H2. The van der Waals surface area contributed by atoms with Crippen LogP contribution in [0.25, 0.3) is 0 Å². The normalized spacial score (nSPS) is 17.5. The summed E-state index contributed by atoms with van der Waals surface area (Å²) in [4.78, 5) is 29.9. The molecule has 0 N–H and O–H groups in total. The second-order valence-electron chi connectivity index (χ2n) is 9.45. The summed E-state index contributed by atoms with van der Waals surface area (Å²) in [7, 11) is -3.79. The van der Waals surface area contributed by atoms with Gasteiger partial charge in [-0.25, -0.2) is 4.79 Å². The third kappa shape index (κ3) is 4.39. The molecule has 3 aliphatic rings. The van der Waals surface area contributed by atoms with Gasteiger partial charge in [-0.3, -0.25) is 4.79 Å². The van der Waals surface area contributed by atoms with E-state index < -0.39 is 10.0 Å². The third-order valence-electron chi connectivity index (χ3n) is 7.08. The summed E-state index contributed by atoms with van der Waals surface area (Å²) in [5, 5.41) is 0. The number of para-hydroxylation sites is 1. The van der Waals surface area contributed by atoms with Gasteiger partial charge in [0.1, 0.15) is 6.61 Å². The van der Waals surface area contributed by atoms with E-state index in [0.717, 1.165) is 16.8 Å². The van der Waals surface area contributed by atoms with Crippen molar-refractivity contribution in [2.24, 2.45) is 4.40 Å². The first-order valence-electron chi connectivity index (χ1n) is 12.4. The van der Waals surface area contributed by atoms with Gasteiger partial charge in [0.25, 0.3) is 10.0 Å². The average molecular weight is 528 g/mol. The fraction of sp³-hybridized carbons (Fsp3) is 0.207. The van der Waals surface area contributed by atoms with Gasteiger partial charge in [0.05, 0.1) is 10.6 Å². The molecule has 0 atom stereocenters. The molecule has 0 bridgehead atoms. The Morgan fingerprint density at radius 1 is 0.895 bits per heavy atom. The molecule has 1 saturated heterocycles. The second-order valence-corrected chi connectivity index (χ2v) is 11.0. The SMILES string of the molecule is O=C1C(Cc2ccccc2N2CCN(C(=O)OCc3ccccc3)CC2)=CC2=NS(=O)(=O)c3cccc1c32. The third-order valence-corrected chi connectivity index (χ3v) is 8.42. The number of nitrogens with zero attached hydrogens (tertiary/aromatic N) is 3. The van der Waals surface area contributed by atoms with Crippen LogP contribution in [0.3, 0.4) is 0 Å². The van der Waals surface area contributed by atoms with E-state index in [1.807, 2.05) is 54.6 Å². The topological polar surface area (TPSA) is 96.3 Å². The number of Topliss-reactive ketones (excluding diaryl/α,β-unsaturated/α-hetero) is 1. The van der Waals surface area contributed by atoms with E-state index in [0.29, 0.717) is 55.0 Å². The fourth-order valence-corrected chi connectivity index (χ4v) is 6.40. The second kappa shape index (κ2) is 9.57. The number of anilines is 1. The van der Waals surface area contributed by atoms with Gasteiger partial charge in [-0.15, -0.1) is 0 Å². The minimum Gasteiger partial charge on any atom is -0.445 e. The molecule has 0 radical (unpaired) electrons. The maximum atomic E-state index is 13.3. The fourth-order valence-electron chi connectivity index (χ4n) is 5.17. The molecule has 0 unspecified atom stereocenters. The van der Waals surface area contributed by atoms with Crippen molar-refractivity contribution in [3.63, 3.8) is 0 Å². The predicted molar refractivity (Wildman–Crippen MR) is 143 cm³/mol. The summed E-state index contributed by atoms with van der Waals surface area (Å²) in [5.41, 5.74) is 4.49. The highest BCUT2D eigenvalue weighted by atomic mass is 32.2. The van der Waals surface area contributed by atoms with Gasteiger partial charge in [0, 0.05) is 55.0 Å². The predicted octanol–water partition coefficient (Wildman–Crippen LogP) is 4.00. The largest absolute Gasteiger partial charge is 0.445 e. The van der Waals surface area contributed by atoms with Crippen molar-refractivity contribution in [1.82, 2.24) is 4.90 Å². The number of hydrogen-bond donors (Lipinski definition) is 0. The summed E-state index contributed by atoms with van der Waals surface area (Å²) in [6.45, 7) is 2.54. The Kier molecular flexibility index (Phi) is 6.07. The molecule has 0 aromatic heterocycles. The van der Waals surface area contributed by atoms with Crippen LogP contribution in [-0.2, 0) is 27.8 Å². The van der Waals surface area contributed by atoms with Crippen LogP contribution in [0.4, 0.5) is 10.5 Å². The zero-order valence-electron chi connectivity index (χ0n) is 20.5. The highest BCUT2D eigenvalue weighted by molar-refractivity contribution is 7.90. The molecule has 2 aliphatic heterocycles. The van der Waals surface area contributed by atoms with Crippen LogP contribution >= 0.6 is 0 Å². The van der Waals surface area contributed by atoms with Gasteiger partial charge in [0.15, 0.2) is 5.78 Å². The summed E-state index contributed by atoms with van der Waals surface area (Å²) in [6.07, 6.45) is 1.62. The summed E-state index contributed by atoms with van der Waals surface area (Å²) >= 11 is 0. The number of benzene rings is 3. The smallest absolute Gasteiger partial charge is 0.410 e. The molecule has 3 aromatic carbocycles. The molecule has 0 saturated carbocycles. The number of carbonyl (C=O) groups excluding carboxylic acids is 2. The Balaban J connectivity index is 1.16. The molecule has 0 spiro atoms. The van der Waals surface area contributed by atoms with Gasteiger partial charge in [-0.05, 0) is 29.3 Å². The molecule has 6 rings (SSSR count). The van der Waals surface area contributed by atoms with E-state index in [-0.39, 0.29) is 23.4 Å². The molecule has 38 heavy (non-hydrogen) atoms. The number of ketones is 1. The number of piperazine rings is 1. The maximum Gasteiger partial charge on any atom is 0.410 e. The van der Waals surface area contributed by atoms with Crippen LogP contribution in [0.15, 0.2) is 93.7 Å². The first-order chi connectivity index (χ1) is 18.4. The molecule has 1 amide bonds. The van der Waals surface area contributed by atoms with Gasteiger partial charge < -0.3 is 14.5 Å². The van der Waals surface area contributed by atoms with Crippen LogP contribution in [0, 0.1) is 0 Å². The number of ether oxygens (including phenoxy) is 1. The van der Waals surface area contributed by atoms with E-state index in [2.05, 4.69) is 9.30 Å². The van der Waals surface area contributed by atoms with Crippen LogP contribution in [0.5, 0.6) is 0 Å². The Hall–Kier alpha value is -4.24. The number of rotatable bonds is 5. The molecule has 1 aliphatic carbocycles. The average Bonchev–Trinajstić information content (AvgIpc) is 3.21. The van der Waals surface area contributed by atoms with Crippen molar-refractivity contribution in [2.45, 2.75) is 17.9 Å². The van der Waals surface area contributed by atoms with E-state index in [1.54, 1.807) is 23.1 Å². The molecule has 9 heteroatoms. The minimum absolute atomic E-state index is 0.0919. The van der Waals surface area contributed by atoms with Gasteiger partial charge in [0.2, 0.25) is 0 Å². The van der Waals surface area contributed by atoms with Crippen LogP contribution in [0.2, 0.25) is 0 Å². The molecule has 192 valence electrons. The number of amides is 1. The Labute approximate surface area is 220 Å². The van der Waals surface area contributed by atoms with Crippen LogP contribution in [0.1, 0.15) is 27.0 Å². The Bertz CT molecular complexity index is 1600. The van der Waals surface area contributed by atoms with E-state index in [4.69, 9.17) is 4.74 Å². The molecule has 1 fully saturated rings. The quantitative estimate of drug-likeness (QED) is 0.498. The maximum absolute atomic E-state index is 13.3. The zero-order valence-corrected chi connectivity index (χ0v) is 21.4. The van der Waals surface area contributed by atoms with Crippen LogP contribution < -0.4 is 4.90 Å². The minimum atomic E-state index is -3.79.